The Morgan fingerprint density at radius 2 is 1.89 bits per heavy atom. The number of likely N-dealkylation sites (N-methyl/N-ethyl adjacent to an activating group) is 1. The van der Waals surface area contributed by atoms with E-state index in [0.717, 1.165) is 52.0 Å². The van der Waals surface area contributed by atoms with Crippen LogP contribution in [0.1, 0.15) is 37.8 Å². The van der Waals surface area contributed by atoms with Crippen molar-refractivity contribution in [2.75, 3.05) is 52.9 Å². The number of carbonyl (C=O) groups excluding carboxylic acids is 2. The molecule has 2 atom stereocenters. The molecule has 0 aliphatic carbocycles. The molecule has 1 N–H and O–H groups in total. The second-order valence-corrected chi connectivity index (χ2v) is 8.17. The summed E-state index contributed by atoms with van der Waals surface area (Å²) in [6.45, 7) is 7.79. The van der Waals surface area contributed by atoms with Gasteiger partial charge in [-0.2, -0.15) is 0 Å². The Hall–Kier alpha value is -1.92. The van der Waals surface area contributed by atoms with Crippen LogP contribution in [0, 0.1) is 5.92 Å². The highest BCUT2D eigenvalue weighted by atomic mass is 16.2. The van der Waals surface area contributed by atoms with Crippen molar-refractivity contribution in [2.45, 2.75) is 32.2 Å². The molecule has 2 heterocycles. The van der Waals surface area contributed by atoms with Gasteiger partial charge in [0.05, 0.1) is 5.92 Å². The molecule has 0 aromatic heterocycles. The van der Waals surface area contributed by atoms with Gasteiger partial charge in [-0.25, -0.2) is 0 Å². The first kappa shape index (κ1) is 20.8. The third-order valence-corrected chi connectivity index (χ3v) is 6.04. The van der Waals surface area contributed by atoms with Crippen LogP contribution in [0.2, 0.25) is 0 Å². The van der Waals surface area contributed by atoms with Crippen LogP contribution in [0.15, 0.2) is 30.3 Å². The number of hydrogen-bond donors (Lipinski definition) is 1. The molecule has 2 saturated heterocycles. The van der Waals surface area contributed by atoms with Crippen molar-refractivity contribution in [3.8, 4) is 0 Å². The predicted octanol–water partition coefficient (Wildman–Crippen LogP) is 1.74. The van der Waals surface area contributed by atoms with Gasteiger partial charge in [-0.15, -0.1) is 0 Å². The van der Waals surface area contributed by atoms with Crippen LogP contribution >= 0.6 is 0 Å². The zero-order chi connectivity index (χ0) is 19.9. The SMILES string of the molecule is CC(=O)N1CCCC(C(=O)NCCCN2CCN(C)CC2c2ccccc2)C1. The first-order chi connectivity index (χ1) is 13.5. The lowest BCUT2D eigenvalue weighted by Crippen LogP contribution is -2.48. The number of nitrogens with one attached hydrogen (secondary N) is 1. The third-order valence-electron chi connectivity index (χ3n) is 6.04. The number of carbonyl (C=O) groups is 2. The Morgan fingerprint density at radius 1 is 1.11 bits per heavy atom. The van der Waals surface area contributed by atoms with E-state index < -0.39 is 0 Å². The molecule has 154 valence electrons. The topological polar surface area (TPSA) is 55.9 Å². The van der Waals surface area contributed by atoms with Gasteiger partial charge in [-0.3, -0.25) is 14.5 Å². The Bertz CT molecular complexity index is 651. The minimum atomic E-state index is -0.0571. The molecule has 2 unspecified atom stereocenters. The second kappa shape index (κ2) is 10.0. The lowest BCUT2D eigenvalue weighted by atomic mass is 9.97. The highest BCUT2D eigenvalue weighted by Gasteiger charge is 2.28. The van der Waals surface area contributed by atoms with Crippen LogP contribution in [-0.2, 0) is 9.59 Å². The monoisotopic (exact) mass is 386 g/mol. The molecule has 6 nitrogen and oxygen atoms in total. The number of rotatable bonds is 6. The zero-order valence-electron chi connectivity index (χ0n) is 17.3. The number of hydrogen-bond acceptors (Lipinski definition) is 4. The lowest BCUT2D eigenvalue weighted by molar-refractivity contribution is -0.133. The lowest BCUT2D eigenvalue weighted by Gasteiger charge is -2.40. The van der Waals surface area contributed by atoms with Crippen LogP contribution in [0.4, 0.5) is 0 Å². The molecule has 28 heavy (non-hydrogen) atoms. The smallest absolute Gasteiger partial charge is 0.224 e. The fourth-order valence-corrected chi connectivity index (χ4v) is 4.33. The minimum Gasteiger partial charge on any atom is -0.356 e. The maximum Gasteiger partial charge on any atom is 0.224 e. The number of amides is 2. The molecule has 6 heteroatoms. The number of likely N-dealkylation sites (tertiary alicyclic amines) is 1. The molecule has 0 saturated carbocycles. The van der Waals surface area contributed by atoms with Crippen molar-refractivity contribution < 1.29 is 9.59 Å². The van der Waals surface area contributed by atoms with Crippen molar-refractivity contribution in [2.24, 2.45) is 5.92 Å². The van der Waals surface area contributed by atoms with Gasteiger partial charge in [0.25, 0.3) is 0 Å². The average Bonchev–Trinajstić information content (AvgIpc) is 2.72. The van der Waals surface area contributed by atoms with Crippen molar-refractivity contribution in [3.05, 3.63) is 35.9 Å². The van der Waals surface area contributed by atoms with E-state index >= 15 is 0 Å². The maximum atomic E-state index is 12.5. The highest BCUT2D eigenvalue weighted by Crippen LogP contribution is 2.24. The largest absolute Gasteiger partial charge is 0.356 e. The standard InChI is InChI=1S/C22H34N4O2/c1-18(27)26-12-6-10-20(16-26)22(28)23-11-7-13-25-15-14-24(2)17-21(25)19-8-4-3-5-9-19/h3-5,8-9,20-21H,6-7,10-17H2,1-2H3,(H,23,28). The predicted molar refractivity (Wildman–Crippen MR) is 111 cm³/mol. The quantitative estimate of drug-likeness (QED) is 0.757. The normalized spacial score (nSPS) is 24.1. The minimum absolute atomic E-state index is 0.0571. The summed E-state index contributed by atoms with van der Waals surface area (Å²) in [5.74, 6) is 0.113. The van der Waals surface area contributed by atoms with E-state index in [0.29, 0.717) is 19.1 Å². The molecule has 0 spiro atoms. The fourth-order valence-electron chi connectivity index (χ4n) is 4.33. The van der Waals surface area contributed by atoms with Gasteiger partial charge in [-0.05, 0) is 31.9 Å². The van der Waals surface area contributed by atoms with Crippen LogP contribution in [0.25, 0.3) is 0 Å². The van der Waals surface area contributed by atoms with Gasteiger partial charge >= 0.3 is 0 Å². The molecule has 0 bridgehead atoms. The van der Waals surface area contributed by atoms with Gasteiger partial charge in [0.2, 0.25) is 11.8 Å². The maximum absolute atomic E-state index is 12.5. The number of piperazine rings is 1. The van der Waals surface area contributed by atoms with E-state index in [1.165, 1.54) is 5.56 Å². The molecule has 2 aliphatic heterocycles. The van der Waals surface area contributed by atoms with Gasteiger partial charge in [0.1, 0.15) is 0 Å². The summed E-state index contributed by atoms with van der Waals surface area (Å²) in [5.41, 5.74) is 1.37. The molecular weight excluding hydrogens is 352 g/mol. The molecule has 0 radical (unpaired) electrons. The third kappa shape index (κ3) is 5.55. The first-order valence-electron chi connectivity index (χ1n) is 10.6. The fraction of sp³-hybridized carbons (Fsp3) is 0.636. The number of piperidine rings is 1. The summed E-state index contributed by atoms with van der Waals surface area (Å²) in [4.78, 5) is 30.8. The summed E-state index contributed by atoms with van der Waals surface area (Å²) in [6, 6.07) is 11.1. The Balaban J connectivity index is 1.44. The zero-order valence-corrected chi connectivity index (χ0v) is 17.3. The van der Waals surface area contributed by atoms with E-state index in [4.69, 9.17) is 0 Å². The van der Waals surface area contributed by atoms with Crippen LogP contribution in [-0.4, -0.2) is 79.4 Å². The summed E-state index contributed by atoms with van der Waals surface area (Å²) < 4.78 is 0. The Morgan fingerprint density at radius 3 is 2.64 bits per heavy atom. The van der Waals surface area contributed by atoms with Gasteiger partial charge in [-0.1, -0.05) is 30.3 Å². The van der Waals surface area contributed by atoms with E-state index in [2.05, 4.69) is 52.5 Å². The van der Waals surface area contributed by atoms with Crippen molar-refractivity contribution in [3.63, 3.8) is 0 Å². The highest BCUT2D eigenvalue weighted by molar-refractivity contribution is 5.80. The Kier molecular flexibility index (Phi) is 7.45. The van der Waals surface area contributed by atoms with E-state index in [1.807, 2.05) is 0 Å². The van der Waals surface area contributed by atoms with Crippen LogP contribution in [0.3, 0.4) is 0 Å². The van der Waals surface area contributed by atoms with Gasteiger partial charge in [0, 0.05) is 58.8 Å². The number of nitrogens with zero attached hydrogens (tertiary/aromatic N) is 3. The summed E-state index contributed by atoms with van der Waals surface area (Å²) in [5, 5.41) is 3.10. The molecular formula is C22H34N4O2. The number of benzene rings is 1. The van der Waals surface area contributed by atoms with Crippen molar-refractivity contribution >= 4 is 11.8 Å². The molecule has 1 aromatic rings. The molecule has 2 aliphatic rings. The molecule has 2 amide bonds. The Labute approximate surface area is 168 Å². The second-order valence-electron chi connectivity index (χ2n) is 8.17. The van der Waals surface area contributed by atoms with E-state index in [9.17, 15) is 9.59 Å². The van der Waals surface area contributed by atoms with Crippen LogP contribution in [0.5, 0.6) is 0 Å². The van der Waals surface area contributed by atoms with Crippen LogP contribution < -0.4 is 5.32 Å². The summed E-state index contributed by atoms with van der Waals surface area (Å²) >= 11 is 0. The van der Waals surface area contributed by atoms with E-state index in [-0.39, 0.29) is 17.7 Å². The van der Waals surface area contributed by atoms with E-state index in [1.54, 1.807) is 11.8 Å². The van der Waals surface area contributed by atoms with Crippen molar-refractivity contribution in [1.29, 1.82) is 0 Å². The van der Waals surface area contributed by atoms with Gasteiger partial charge in [0.15, 0.2) is 0 Å². The molecule has 1 aromatic carbocycles. The summed E-state index contributed by atoms with van der Waals surface area (Å²) in [7, 11) is 2.18. The molecule has 2 fully saturated rings. The first-order valence-corrected chi connectivity index (χ1v) is 10.6. The molecule has 3 rings (SSSR count). The summed E-state index contributed by atoms with van der Waals surface area (Å²) in [6.07, 6.45) is 2.74. The average molecular weight is 387 g/mol. The van der Waals surface area contributed by atoms with Gasteiger partial charge < -0.3 is 15.1 Å². The van der Waals surface area contributed by atoms with Crippen molar-refractivity contribution in [1.82, 2.24) is 20.0 Å².